The average Bonchev–Trinajstić information content (AvgIpc) is 3.16. The molecule has 2 amide bonds. The SMILES string of the molecule is CCCc1cc(C2CCCN2C(=O)Nc2cccc(Cl)c2)no1. The van der Waals surface area contributed by atoms with Crippen molar-refractivity contribution >= 4 is 23.3 Å². The second kappa shape index (κ2) is 7.04. The first-order valence-corrected chi connectivity index (χ1v) is 8.34. The molecule has 2 aromatic rings. The number of hydrogen-bond acceptors (Lipinski definition) is 3. The highest BCUT2D eigenvalue weighted by molar-refractivity contribution is 6.30. The lowest BCUT2D eigenvalue weighted by Crippen LogP contribution is -2.34. The summed E-state index contributed by atoms with van der Waals surface area (Å²) >= 11 is 5.96. The van der Waals surface area contributed by atoms with Gasteiger partial charge >= 0.3 is 6.03 Å². The number of nitrogens with one attached hydrogen (secondary N) is 1. The monoisotopic (exact) mass is 333 g/mol. The smallest absolute Gasteiger partial charge is 0.322 e. The summed E-state index contributed by atoms with van der Waals surface area (Å²) in [7, 11) is 0. The fourth-order valence-corrected chi connectivity index (χ4v) is 3.12. The molecule has 0 radical (unpaired) electrons. The fourth-order valence-electron chi connectivity index (χ4n) is 2.93. The number of benzene rings is 1. The van der Waals surface area contributed by atoms with E-state index >= 15 is 0 Å². The number of urea groups is 1. The maximum absolute atomic E-state index is 12.6. The zero-order chi connectivity index (χ0) is 16.2. The number of hydrogen-bond donors (Lipinski definition) is 1. The molecule has 0 saturated carbocycles. The van der Waals surface area contributed by atoms with E-state index in [0.717, 1.165) is 37.1 Å². The Morgan fingerprint density at radius 2 is 2.35 bits per heavy atom. The van der Waals surface area contributed by atoms with Crippen LogP contribution in [0.4, 0.5) is 10.5 Å². The van der Waals surface area contributed by atoms with Crippen LogP contribution in [0.25, 0.3) is 0 Å². The standard InChI is InChI=1S/C17H20ClN3O2/c1-2-5-14-11-15(20-23-14)16-8-4-9-21(16)17(22)19-13-7-3-6-12(18)10-13/h3,6-7,10-11,16H,2,4-5,8-9H2,1H3,(H,19,22). The van der Waals surface area contributed by atoms with E-state index in [1.165, 1.54) is 0 Å². The Kier molecular flexibility index (Phi) is 4.86. The van der Waals surface area contributed by atoms with Gasteiger partial charge in [0.05, 0.1) is 6.04 Å². The highest BCUT2D eigenvalue weighted by Crippen LogP contribution is 2.32. The van der Waals surface area contributed by atoms with Crippen molar-refractivity contribution in [1.29, 1.82) is 0 Å². The van der Waals surface area contributed by atoms with Crippen molar-refractivity contribution < 1.29 is 9.32 Å². The molecule has 0 spiro atoms. The van der Waals surface area contributed by atoms with Crippen molar-refractivity contribution in [3.8, 4) is 0 Å². The van der Waals surface area contributed by atoms with Crippen LogP contribution >= 0.6 is 11.6 Å². The van der Waals surface area contributed by atoms with Gasteiger partial charge in [0.1, 0.15) is 11.5 Å². The highest BCUT2D eigenvalue weighted by atomic mass is 35.5. The van der Waals surface area contributed by atoms with Crippen LogP contribution in [-0.4, -0.2) is 22.6 Å². The summed E-state index contributed by atoms with van der Waals surface area (Å²) in [5, 5.41) is 7.65. The van der Waals surface area contributed by atoms with E-state index in [1.807, 2.05) is 23.1 Å². The molecule has 1 N–H and O–H groups in total. The lowest BCUT2D eigenvalue weighted by Gasteiger charge is -2.23. The molecule has 1 aliphatic heterocycles. The number of likely N-dealkylation sites (tertiary alicyclic amines) is 1. The molecule has 1 unspecified atom stereocenters. The van der Waals surface area contributed by atoms with Crippen LogP contribution in [0, 0.1) is 0 Å². The third-order valence-electron chi connectivity index (χ3n) is 4.00. The van der Waals surface area contributed by atoms with Gasteiger partial charge in [-0.3, -0.25) is 0 Å². The zero-order valence-corrected chi connectivity index (χ0v) is 13.8. The highest BCUT2D eigenvalue weighted by Gasteiger charge is 2.32. The van der Waals surface area contributed by atoms with Crippen molar-refractivity contribution in [3.63, 3.8) is 0 Å². The lowest BCUT2D eigenvalue weighted by atomic mass is 10.1. The Morgan fingerprint density at radius 3 is 3.13 bits per heavy atom. The van der Waals surface area contributed by atoms with Gasteiger partial charge in [0, 0.05) is 29.7 Å². The van der Waals surface area contributed by atoms with E-state index in [-0.39, 0.29) is 12.1 Å². The number of anilines is 1. The summed E-state index contributed by atoms with van der Waals surface area (Å²) in [6.45, 7) is 2.82. The van der Waals surface area contributed by atoms with Crippen LogP contribution in [-0.2, 0) is 6.42 Å². The zero-order valence-electron chi connectivity index (χ0n) is 13.1. The van der Waals surface area contributed by atoms with Gasteiger partial charge in [-0.25, -0.2) is 4.79 Å². The van der Waals surface area contributed by atoms with E-state index in [4.69, 9.17) is 16.1 Å². The van der Waals surface area contributed by atoms with Gasteiger partial charge in [-0.05, 0) is 37.5 Å². The predicted molar refractivity (Wildman–Crippen MR) is 89.6 cm³/mol. The van der Waals surface area contributed by atoms with Crippen molar-refractivity contribution in [1.82, 2.24) is 10.1 Å². The quantitative estimate of drug-likeness (QED) is 0.886. The number of halogens is 1. The molecule has 0 bridgehead atoms. The Labute approximate surface area is 140 Å². The number of aryl methyl sites for hydroxylation is 1. The summed E-state index contributed by atoms with van der Waals surface area (Å²) in [4.78, 5) is 14.4. The number of amides is 2. The molecule has 1 aromatic carbocycles. The van der Waals surface area contributed by atoms with Gasteiger partial charge in [-0.2, -0.15) is 0 Å². The Bertz CT molecular complexity index is 686. The second-order valence-corrected chi connectivity index (χ2v) is 6.20. The third kappa shape index (κ3) is 3.67. The van der Waals surface area contributed by atoms with E-state index in [0.29, 0.717) is 17.3 Å². The van der Waals surface area contributed by atoms with Gasteiger partial charge in [0.15, 0.2) is 0 Å². The molecule has 6 heteroatoms. The minimum absolute atomic E-state index is 0.0245. The number of rotatable bonds is 4. The van der Waals surface area contributed by atoms with Gasteiger partial charge in [0.2, 0.25) is 0 Å². The molecule has 1 aromatic heterocycles. The molecule has 3 rings (SSSR count). The normalized spacial score (nSPS) is 17.5. The fraction of sp³-hybridized carbons (Fsp3) is 0.412. The number of aromatic nitrogens is 1. The summed E-state index contributed by atoms with van der Waals surface area (Å²) in [5.74, 6) is 0.879. The van der Waals surface area contributed by atoms with Crippen LogP contribution in [0.3, 0.4) is 0 Å². The topological polar surface area (TPSA) is 58.4 Å². The van der Waals surface area contributed by atoms with Crippen molar-refractivity contribution in [3.05, 3.63) is 46.8 Å². The van der Waals surface area contributed by atoms with Gasteiger partial charge in [-0.1, -0.05) is 29.7 Å². The Hall–Kier alpha value is -2.01. The molecule has 1 saturated heterocycles. The molecule has 122 valence electrons. The summed E-state index contributed by atoms with van der Waals surface area (Å²) in [6, 6.07) is 8.97. The van der Waals surface area contributed by atoms with Crippen LogP contribution in [0.1, 0.15) is 43.7 Å². The minimum Gasteiger partial charge on any atom is -0.361 e. The van der Waals surface area contributed by atoms with E-state index in [1.54, 1.807) is 12.1 Å². The van der Waals surface area contributed by atoms with Crippen molar-refractivity contribution in [2.75, 3.05) is 11.9 Å². The predicted octanol–water partition coefficient (Wildman–Crippen LogP) is 4.65. The van der Waals surface area contributed by atoms with E-state index in [2.05, 4.69) is 17.4 Å². The van der Waals surface area contributed by atoms with Crippen LogP contribution in [0.2, 0.25) is 5.02 Å². The molecule has 5 nitrogen and oxygen atoms in total. The Balaban J connectivity index is 1.71. The third-order valence-corrected chi connectivity index (χ3v) is 4.24. The summed E-state index contributed by atoms with van der Waals surface area (Å²) < 4.78 is 5.35. The largest absolute Gasteiger partial charge is 0.361 e. The molecular weight excluding hydrogens is 314 g/mol. The molecule has 1 fully saturated rings. The summed E-state index contributed by atoms with van der Waals surface area (Å²) in [6.07, 6.45) is 3.75. The Morgan fingerprint density at radius 1 is 1.48 bits per heavy atom. The molecule has 1 atom stereocenters. The van der Waals surface area contributed by atoms with Gasteiger partial charge in [0.25, 0.3) is 0 Å². The van der Waals surface area contributed by atoms with E-state index < -0.39 is 0 Å². The minimum atomic E-state index is -0.130. The maximum atomic E-state index is 12.6. The van der Waals surface area contributed by atoms with Crippen LogP contribution < -0.4 is 5.32 Å². The van der Waals surface area contributed by atoms with Crippen LogP contribution in [0.15, 0.2) is 34.9 Å². The molecule has 0 aliphatic carbocycles. The average molecular weight is 334 g/mol. The number of carbonyl (C=O) groups excluding carboxylic acids is 1. The van der Waals surface area contributed by atoms with E-state index in [9.17, 15) is 4.79 Å². The van der Waals surface area contributed by atoms with Gasteiger partial charge < -0.3 is 14.7 Å². The maximum Gasteiger partial charge on any atom is 0.322 e. The second-order valence-electron chi connectivity index (χ2n) is 5.76. The number of carbonyl (C=O) groups is 1. The van der Waals surface area contributed by atoms with Gasteiger partial charge in [-0.15, -0.1) is 0 Å². The lowest BCUT2D eigenvalue weighted by molar-refractivity contribution is 0.204. The molecule has 1 aliphatic rings. The molecular formula is C17H20ClN3O2. The van der Waals surface area contributed by atoms with Crippen molar-refractivity contribution in [2.45, 2.75) is 38.6 Å². The molecule has 23 heavy (non-hydrogen) atoms. The first-order chi connectivity index (χ1) is 11.2. The van der Waals surface area contributed by atoms with Crippen LogP contribution in [0.5, 0.6) is 0 Å². The first kappa shape index (κ1) is 15.9. The summed E-state index contributed by atoms with van der Waals surface area (Å²) in [5.41, 5.74) is 1.53. The van der Waals surface area contributed by atoms with Crippen molar-refractivity contribution in [2.24, 2.45) is 0 Å². The first-order valence-electron chi connectivity index (χ1n) is 7.96. The number of nitrogens with zero attached hydrogens (tertiary/aromatic N) is 2. The molecule has 2 heterocycles.